The van der Waals surface area contributed by atoms with Crippen molar-refractivity contribution in [2.24, 2.45) is 0 Å². The molecule has 0 radical (unpaired) electrons. The number of aromatic nitrogens is 2. The van der Waals surface area contributed by atoms with Gasteiger partial charge < -0.3 is 9.32 Å². The molecular formula is C14H15N3O2. The summed E-state index contributed by atoms with van der Waals surface area (Å²) >= 11 is 0. The lowest BCUT2D eigenvalue weighted by atomic mass is 10.1. The molecular weight excluding hydrogens is 242 g/mol. The van der Waals surface area contributed by atoms with Crippen molar-refractivity contribution in [1.82, 2.24) is 10.2 Å². The summed E-state index contributed by atoms with van der Waals surface area (Å²) in [5.74, 6) is 1.36. The van der Waals surface area contributed by atoms with Crippen LogP contribution in [0.15, 0.2) is 28.7 Å². The highest BCUT2D eigenvalue weighted by Crippen LogP contribution is 2.27. The highest BCUT2D eigenvalue weighted by Gasteiger charge is 2.21. The summed E-state index contributed by atoms with van der Waals surface area (Å²) in [5.41, 5.74) is 1.75. The van der Waals surface area contributed by atoms with Crippen LogP contribution in [0, 0.1) is 6.92 Å². The number of rotatable bonds is 2. The molecule has 0 atom stereocenters. The van der Waals surface area contributed by atoms with Crippen LogP contribution in [0.1, 0.15) is 35.0 Å². The summed E-state index contributed by atoms with van der Waals surface area (Å²) in [5, 5.41) is 7.86. The maximum Gasteiger partial charge on any atom is 0.235 e. The van der Waals surface area contributed by atoms with Gasteiger partial charge in [0.15, 0.2) is 5.78 Å². The zero-order valence-electron chi connectivity index (χ0n) is 10.8. The Labute approximate surface area is 111 Å². The standard InChI is InChI=1S/C14H15N3O2/c1-10-15-16-14(19-10)9-17-8-4-7-13(18)11-5-2-3-6-12(11)17/h2-3,5-6H,4,7-9H2,1H3. The molecule has 0 fully saturated rings. The van der Waals surface area contributed by atoms with Gasteiger partial charge in [-0.2, -0.15) is 0 Å². The summed E-state index contributed by atoms with van der Waals surface area (Å²) in [4.78, 5) is 14.2. The highest BCUT2D eigenvalue weighted by molar-refractivity contribution is 6.01. The van der Waals surface area contributed by atoms with E-state index in [4.69, 9.17) is 4.42 Å². The molecule has 0 saturated carbocycles. The first kappa shape index (κ1) is 11.9. The molecule has 0 aliphatic carbocycles. The lowest BCUT2D eigenvalue weighted by Crippen LogP contribution is -2.23. The van der Waals surface area contributed by atoms with Gasteiger partial charge in [-0.15, -0.1) is 10.2 Å². The van der Waals surface area contributed by atoms with Crippen LogP contribution < -0.4 is 4.90 Å². The van der Waals surface area contributed by atoms with Crippen LogP contribution in [0.4, 0.5) is 5.69 Å². The normalized spacial score (nSPS) is 15.2. The number of hydrogen-bond donors (Lipinski definition) is 0. The predicted molar refractivity (Wildman–Crippen MR) is 70.1 cm³/mol. The van der Waals surface area contributed by atoms with Crippen LogP contribution >= 0.6 is 0 Å². The molecule has 5 heteroatoms. The predicted octanol–water partition coefficient (Wildman–Crippen LogP) is 2.36. The first-order valence-corrected chi connectivity index (χ1v) is 6.40. The minimum absolute atomic E-state index is 0.208. The number of benzene rings is 1. The van der Waals surface area contributed by atoms with Gasteiger partial charge in [-0.1, -0.05) is 12.1 Å². The van der Waals surface area contributed by atoms with E-state index in [1.54, 1.807) is 6.92 Å². The number of ketones is 1. The second kappa shape index (κ2) is 4.84. The molecule has 19 heavy (non-hydrogen) atoms. The highest BCUT2D eigenvalue weighted by atomic mass is 16.4. The fraction of sp³-hybridized carbons (Fsp3) is 0.357. The van der Waals surface area contributed by atoms with E-state index in [1.807, 2.05) is 24.3 Å². The second-order valence-electron chi connectivity index (χ2n) is 4.68. The summed E-state index contributed by atoms with van der Waals surface area (Å²) in [6, 6.07) is 7.71. The number of carbonyl (C=O) groups excluding carboxylic acids is 1. The third kappa shape index (κ3) is 2.36. The van der Waals surface area contributed by atoms with Gasteiger partial charge in [-0.05, 0) is 18.6 Å². The van der Waals surface area contributed by atoms with Crippen molar-refractivity contribution in [2.45, 2.75) is 26.3 Å². The van der Waals surface area contributed by atoms with Crippen molar-refractivity contribution in [3.63, 3.8) is 0 Å². The number of aryl methyl sites for hydroxylation is 1. The Bertz CT molecular complexity index is 606. The summed E-state index contributed by atoms with van der Waals surface area (Å²) < 4.78 is 5.42. The average Bonchev–Trinajstić information content (AvgIpc) is 2.75. The number of hydrogen-bond acceptors (Lipinski definition) is 5. The lowest BCUT2D eigenvalue weighted by Gasteiger charge is -2.22. The molecule has 2 heterocycles. The molecule has 0 unspecified atom stereocenters. The number of Topliss-reactive ketones (excluding diaryl/α,β-unsaturated/α-hetero) is 1. The van der Waals surface area contributed by atoms with E-state index in [1.165, 1.54) is 0 Å². The van der Waals surface area contributed by atoms with Crippen molar-refractivity contribution in [3.8, 4) is 0 Å². The van der Waals surface area contributed by atoms with E-state index in [2.05, 4.69) is 15.1 Å². The van der Waals surface area contributed by atoms with Gasteiger partial charge in [-0.25, -0.2) is 0 Å². The molecule has 5 nitrogen and oxygen atoms in total. The number of carbonyl (C=O) groups is 1. The summed E-state index contributed by atoms with van der Waals surface area (Å²) in [6.45, 7) is 3.14. The zero-order chi connectivity index (χ0) is 13.2. The van der Waals surface area contributed by atoms with Gasteiger partial charge in [0.1, 0.15) is 0 Å². The zero-order valence-corrected chi connectivity index (χ0v) is 10.8. The smallest absolute Gasteiger partial charge is 0.235 e. The van der Waals surface area contributed by atoms with Crippen LogP contribution in [0.5, 0.6) is 0 Å². The first-order valence-electron chi connectivity index (χ1n) is 6.40. The molecule has 98 valence electrons. The van der Waals surface area contributed by atoms with Gasteiger partial charge in [0.2, 0.25) is 11.8 Å². The Morgan fingerprint density at radius 2 is 2.16 bits per heavy atom. The van der Waals surface area contributed by atoms with Crippen molar-refractivity contribution < 1.29 is 9.21 Å². The average molecular weight is 257 g/mol. The van der Waals surface area contributed by atoms with E-state index in [9.17, 15) is 4.79 Å². The molecule has 2 aromatic rings. The van der Waals surface area contributed by atoms with Crippen LogP contribution in [-0.2, 0) is 6.54 Å². The first-order chi connectivity index (χ1) is 9.24. The molecule has 0 bridgehead atoms. The third-order valence-electron chi connectivity index (χ3n) is 3.27. The van der Waals surface area contributed by atoms with E-state index in [0.717, 1.165) is 24.2 Å². The van der Waals surface area contributed by atoms with E-state index in [-0.39, 0.29) is 5.78 Å². The van der Waals surface area contributed by atoms with Crippen molar-refractivity contribution in [2.75, 3.05) is 11.4 Å². The second-order valence-corrected chi connectivity index (χ2v) is 4.68. The van der Waals surface area contributed by atoms with E-state index >= 15 is 0 Å². The minimum Gasteiger partial charge on any atom is -0.424 e. The summed E-state index contributed by atoms with van der Waals surface area (Å²) in [6.07, 6.45) is 1.44. The SMILES string of the molecule is Cc1nnc(CN2CCCC(=O)c3ccccc32)o1. The molecule has 0 spiro atoms. The molecule has 0 N–H and O–H groups in total. The fourth-order valence-corrected chi connectivity index (χ4v) is 2.40. The minimum atomic E-state index is 0.208. The lowest BCUT2D eigenvalue weighted by molar-refractivity contribution is 0.0984. The van der Waals surface area contributed by atoms with Gasteiger partial charge >= 0.3 is 0 Å². The number of para-hydroxylation sites is 1. The molecule has 0 amide bonds. The van der Waals surface area contributed by atoms with Crippen molar-refractivity contribution in [3.05, 3.63) is 41.6 Å². The van der Waals surface area contributed by atoms with E-state index in [0.29, 0.717) is 24.7 Å². The Kier molecular flexibility index (Phi) is 3.03. The molecule has 1 aliphatic heterocycles. The molecule has 1 aromatic carbocycles. The Balaban J connectivity index is 1.93. The largest absolute Gasteiger partial charge is 0.424 e. The van der Waals surface area contributed by atoms with Gasteiger partial charge in [0.05, 0.1) is 6.54 Å². The maximum atomic E-state index is 12.0. The number of fused-ring (bicyclic) bond motifs is 1. The van der Waals surface area contributed by atoms with Crippen LogP contribution in [0.25, 0.3) is 0 Å². The Hall–Kier alpha value is -2.17. The van der Waals surface area contributed by atoms with Crippen LogP contribution in [0.2, 0.25) is 0 Å². The van der Waals surface area contributed by atoms with Crippen molar-refractivity contribution >= 4 is 11.5 Å². The van der Waals surface area contributed by atoms with Gasteiger partial charge in [0, 0.05) is 31.1 Å². The van der Waals surface area contributed by atoms with E-state index < -0.39 is 0 Å². The Morgan fingerprint density at radius 3 is 2.95 bits per heavy atom. The van der Waals surface area contributed by atoms with Gasteiger partial charge in [-0.3, -0.25) is 4.79 Å². The van der Waals surface area contributed by atoms with Crippen molar-refractivity contribution in [1.29, 1.82) is 0 Å². The van der Waals surface area contributed by atoms with Crippen LogP contribution in [0.3, 0.4) is 0 Å². The molecule has 1 aliphatic rings. The number of anilines is 1. The third-order valence-corrected chi connectivity index (χ3v) is 3.27. The quantitative estimate of drug-likeness (QED) is 0.826. The molecule has 3 rings (SSSR count). The maximum absolute atomic E-state index is 12.0. The topological polar surface area (TPSA) is 59.2 Å². The Morgan fingerprint density at radius 1 is 1.32 bits per heavy atom. The fourth-order valence-electron chi connectivity index (χ4n) is 2.40. The monoisotopic (exact) mass is 257 g/mol. The molecule has 0 saturated heterocycles. The number of nitrogens with zero attached hydrogens (tertiary/aromatic N) is 3. The van der Waals surface area contributed by atoms with Gasteiger partial charge in [0.25, 0.3) is 0 Å². The summed E-state index contributed by atoms with van der Waals surface area (Å²) in [7, 11) is 0. The van der Waals surface area contributed by atoms with Crippen LogP contribution in [-0.4, -0.2) is 22.5 Å². The molecule has 1 aromatic heterocycles.